The molecule has 1 aliphatic rings. The Kier molecular flexibility index (Phi) is 4.99. The zero-order chi connectivity index (χ0) is 14.8. The first-order chi connectivity index (χ1) is 9.36. The molecule has 0 unspecified atom stereocenters. The third-order valence-electron chi connectivity index (χ3n) is 3.00. The summed E-state index contributed by atoms with van der Waals surface area (Å²) in [6, 6.07) is 4.73. The van der Waals surface area contributed by atoms with Crippen molar-refractivity contribution < 1.29 is 17.9 Å². The molecule has 0 amide bonds. The van der Waals surface area contributed by atoms with Crippen LogP contribution in [0.1, 0.15) is 25.0 Å². The van der Waals surface area contributed by atoms with Crippen molar-refractivity contribution in [2.45, 2.75) is 42.8 Å². The summed E-state index contributed by atoms with van der Waals surface area (Å²) in [5.41, 5.74) is -0.253. The van der Waals surface area contributed by atoms with Gasteiger partial charge in [-0.1, -0.05) is 19.9 Å². The summed E-state index contributed by atoms with van der Waals surface area (Å²) < 4.78 is 44.4. The average molecular weight is 305 g/mol. The second-order valence-corrected chi connectivity index (χ2v) is 6.50. The zero-order valence-electron chi connectivity index (χ0n) is 11.5. The normalized spacial score (nSPS) is 16.5. The van der Waals surface area contributed by atoms with Crippen molar-refractivity contribution in [2.24, 2.45) is 0 Å². The Morgan fingerprint density at radius 3 is 2.55 bits per heavy atom. The lowest BCUT2D eigenvalue weighted by atomic mass is 10.1. The molecule has 2 nitrogen and oxygen atoms in total. The van der Waals surface area contributed by atoms with Crippen LogP contribution in [0.15, 0.2) is 23.1 Å². The van der Waals surface area contributed by atoms with Crippen molar-refractivity contribution in [1.82, 2.24) is 5.32 Å². The van der Waals surface area contributed by atoms with E-state index in [0.717, 1.165) is 0 Å². The topological polar surface area (TPSA) is 21.3 Å². The fraction of sp³-hybridized carbons (Fsp3) is 0.571. The first-order valence-electron chi connectivity index (χ1n) is 6.54. The van der Waals surface area contributed by atoms with Crippen LogP contribution in [0, 0.1) is 0 Å². The number of halogens is 3. The molecule has 1 aliphatic heterocycles. The fourth-order valence-corrected chi connectivity index (χ4v) is 2.88. The third kappa shape index (κ3) is 4.14. The summed E-state index contributed by atoms with van der Waals surface area (Å²) in [4.78, 5) is 0.652. The average Bonchev–Trinajstić information content (AvgIpc) is 2.30. The molecule has 1 heterocycles. The molecule has 6 heteroatoms. The molecule has 1 fully saturated rings. The van der Waals surface area contributed by atoms with Crippen LogP contribution in [0.2, 0.25) is 0 Å². The highest BCUT2D eigenvalue weighted by Gasteiger charge is 2.34. The number of alkyl halides is 3. The molecular weight excluding hydrogens is 287 g/mol. The van der Waals surface area contributed by atoms with Crippen LogP contribution in [0.4, 0.5) is 13.2 Å². The van der Waals surface area contributed by atoms with Gasteiger partial charge in [0.15, 0.2) is 0 Å². The van der Waals surface area contributed by atoms with Gasteiger partial charge in [-0.05, 0) is 17.7 Å². The molecule has 0 spiro atoms. The molecule has 1 saturated heterocycles. The molecule has 0 aliphatic carbocycles. The summed E-state index contributed by atoms with van der Waals surface area (Å²) in [5.74, 6) is 0. The largest absolute Gasteiger partial charge is 0.416 e. The van der Waals surface area contributed by atoms with Crippen molar-refractivity contribution >= 4 is 11.8 Å². The highest BCUT2D eigenvalue weighted by molar-refractivity contribution is 8.00. The maximum atomic E-state index is 13.1. The predicted molar refractivity (Wildman–Crippen MR) is 73.9 cm³/mol. The predicted octanol–water partition coefficient (Wildman–Crippen LogP) is 3.69. The summed E-state index contributed by atoms with van der Waals surface area (Å²) >= 11 is 1.45. The second-order valence-electron chi connectivity index (χ2n) is 5.13. The van der Waals surface area contributed by atoms with Gasteiger partial charge in [0.05, 0.1) is 24.0 Å². The van der Waals surface area contributed by atoms with Gasteiger partial charge in [0.25, 0.3) is 0 Å². The van der Waals surface area contributed by atoms with E-state index in [0.29, 0.717) is 23.7 Å². The molecule has 1 aromatic rings. The molecule has 0 atom stereocenters. The molecule has 2 rings (SSSR count). The SMILES string of the molecule is CC(C)NCc1ccc(SC2COC2)cc1C(F)(F)F. The lowest BCUT2D eigenvalue weighted by Gasteiger charge is -2.25. The summed E-state index contributed by atoms with van der Waals surface area (Å²) in [7, 11) is 0. The zero-order valence-corrected chi connectivity index (χ0v) is 12.3. The number of rotatable bonds is 5. The lowest BCUT2D eigenvalue weighted by Crippen LogP contribution is -2.30. The van der Waals surface area contributed by atoms with E-state index in [4.69, 9.17) is 4.74 Å². The number of benzene rings is 1. The smallest absolute Gasteiger partial charge is 0.379 e. The molecule has 0 bridgehead atoms. The summed E-state index contributed by atoms with van der Waals surface area (Å²) in [5, 5.41) is 3.30. The Morgan fingerprint density at radius 1 is 1.35 bits per heavy atom. The van der Waals surface area contributed by atoms with E-state index in [1.54, 1.807) is 12.1 Å². The fourth-order valence-electron chi connectivity index (χ4n) is 1.84. The Morgan fingerprint density at radius 2 is 2.05 bits per heavy atom. The first kappa shape index (κ1) is 15.7. The maximum Gasteiger partial charge on any atom is 0.416 e. The van der Waals surface area contributed by atoms with Crippen molar-refractivity contribution in [2.75, 3.05) is 13.2 Å². The van der Waals surface area contributed by atoms with E-state index in [9.17, 15) is 13.2 Å². The molecule has 0 radical (unpaired) electrons. The highest BCUT2D eigenvalue weighted by atomic mass is 32.2. The van der Waals surface area contributed by atoms with E-state index < -0.39 is 11.7 Å². The quantitative estimate of drug-likeness (QED) is 0.896. The van der Waals surface area contributed by atoms with Crippen molar-refractivity contribution in [3.05, 3.63) is 29.3 Å². The minimum atomic E-state index is -4.32. The van der Waals surface area contributed by atoms with Gasteiger partial charge in [-0.2, -0.15) is 13.2 Å². The number of thioether (sulfide) groups is 1. The maximum absolute atomic E-state index is 13.1. The van der Waals surface area contributed by atoms with E-state index >= 15 is 0 Å². The molecule has 1 N–H and O–H groups in total. The van der Waals surface area contributed by atoms with Gasteiger partial charge >= 0.3 is 6.18 Å². The standard InChI is InChI=1S/C14H18F3NOS/c1-9(2)18-6-10-3-4-11(20-12-7-19-8-12)5-13(10)14(15,16)17/h3-5,9,12,18H,6-8H2,1-2H3. The number of ether oxygens (including phenoxy) is 1. The van der Waals surface area contributed by atoms with Gasteiger partial charge in [-0.15, -0.1) is 11.8 Å². The molecule has 112 valence electrons. The first-order valence-corrected chi connectivity index (χ1v) is 7.42. The van der Waals surface area contributed by atoms with Gasteiger partial charge in [-0.25, -0.2) is 0 Å². The van der Waals surface area contributed by atoms with Gasteiger partial charge in [0.2, 0.25) is 0 Å². The van der Waals surface area contributed by atoms with Crippen LogP contribution >= 0.6 is 11.8 Å². The van der Waals surface area contributed by atoms with Crippen molar-refractivity contribution in [1.29, 1.82) is 0 Å². The molecule has 1 aromatic carbocycles. The highest BCUT2D eigenvalue weighted by Crippen LogP contribution is 2.36. The number of nitrogens with one attached hydrogen (secondary N) is 1. The third-order valence-corrected chi connectivity index (χ3v) is 4.13. The van der Waals surface area contributed by atoms with Crippen molar-refractivity contribution in [3.8, 4) is 0 Å². The Hall–Kier alpha value is -0.720. The van der Waals surface area contributed by atoms with E-state index in [-0.39, 0.29) is 17.8 Å². The Balaban J connectivity index is 2.18. The van der Waals surface area contributed by atoms with Gasteiger partial charge in [0, 0.05) is 17.5 Å². The number of hydrogen-bond acceptors (Lipinski definition) is 3. The minimum absolute atomic E-state index is 0.150. The van der Waals surface area contributed by atoms with Crippen LogP contribution in [0.3, 0.4) is 0 Å². The van der Waals surface area contributed by atoms with E-state index in [1.807, 2.05) is 13.8 Å². The Bertz CT molecular complexity index is 458. The van der Waals surface area contributed by atoms with Crippen LogP contribution in [-0.2, 0) is 17.5 Å². The van der Waals surface area contributed by atoms with E-state index in [1.165, 1.54) is 17.8 Å². The molecule has 0 saturated carbocycles. The summed E-state index contributed by atoms with van der Waals surface area (Å²) in [6.07, 6.45) is -4.32. The van der Waals surface area contributed by atoms with Crippen LogP contribution in [-0.4, -0.2) is 24.5 Å². The molecule has 20 heavy (non-hydrogen) atoms. The lowest BCUT2D eigenvalue weighted by molar-refractivity contribution is -0.138. The van der Waals surface area contributed by atoms with E-state index in [2.05, 4.69) is 5.32 Å². The monoisotopic (exact) mass is 305 g/mol. The van der Waals surface area contributed by atoms with Crippen LogP contribution in [0.25, 0.3) is 0 Å². The Labute approximate surface area is 121 Å². The second kappa shape index (κ2) is 6.37. The van der Waals surface area contributed by atoms with Crippen LogP contribution in [0.5, 0.6) is 0 Å². The van der Waals surface area contributed by atoms with Gasteiger partial charge in [-0.3, -0.25) is 0 Å². The van der Waals surface area contributed by atoms with Gasteiger partial charge < -0.3 is 10.1 Å². The molecular formula is C14H18F3NOS. The van der Waals surface area contributed by atoms with Gasteiger partial charge in [0.1, 0.15) is 0 Å². The molecule has 0 aromatic heterocycles. The number of hydrogen-bond donors (Lipinski definition) is 1. The van der Waals surface area contributed by atoms with Crippen LogP contribution < -0.4 is 5.32 Å². The minimum Gasteiger partial charge on any atom is -0.379 e. The van der Waals surface area contributed by atoms with Crippen molar-refractivity contribution in [3.63, 3.8) is 0 Å². The summed E-state index contributed by atoms with van der Waals surface area (Å²) in [6.45, 7) is 5.28.